The second kappa shape index (κ2) is 8.71. The summed E-state index contributed by atoms with van der Waals surface area (Å²) < 4.78 is 11.3. The van der Waals surface area contributed by atoms with Gasteiger partial charge in [0.25, 0.3) is 5.91 Å². The Balaban J connectivity index is 1.65. The Kier molecular flexibility index (Phi) is 5.86. The molecule has 30 heavy (non-hydrogen) atoms. The van der Waals surface area contributed by atoms with Crippen LogP contribution in [0.2, 0.25) is 0 Å². The minimum Gasteiger partial charge on any atom is -0.495 e. The first kappa shape index (κ1) is 20.2. The van der Waals surface area contributed by atoms with Crippen LogP contribution in [-0.4, -0.2) is 25.1 Å². The highest BCUT2D eigenvalue weighted by molar-refractivity contribution is 8.05. The number of amides is 1. The minimum absolute atomic E-state index is 0.112. The van der Waals surface area contributed by atoms with Crippen LogP contribution in [0.3, 0.4) is 0 Å². The number of hydrogen-bond donors (Lipinski definition) is 2. The zero-order chi connectivity index (χ0) is 21.1. The van der Waals surface area contributed by atoms with Crippen molar-refractivity contribution in [2.45, 2.75) is 19.3 Å². The lowest BCUT2D eigenvalue weighted by Crippen LogP contribution is -2.31. The molecule has 0 spiro atoms. The van der Waals surface area contributed by atoms with E-state index in [0.29, 0.717) is 11.5 Å². The van der Waals surface area contributed by atoms with Crippen molar-refractivity contribution in [2.75, 3.05) is 19.0 Å². The zero-order valence-corrected chi connectivity index (χ0v) is 18.0. The number of thioether (sulfide) groups is 1. The molecule has 1 aliphatic rings. The number of anilines is 1. The third-order valence-electron chi connectivity index (χ3n) is 4.88. The molecule has 2 N–H and O–H groups in total. The van der Waals surface area contributed by atoms with E-state index in [9.17, 15) is 4.79 Å². The predicted molar refractivity (Wildman–Crippen MR) is 124 cm³/mol. The molecule has 1 amide bonds. The van der Waals surface area contributed by atoms with Gasteiger partial charge in [-0.2, -0.15) is 0 Å². The number of fused-ring (bicyclic) bond motifs is 1. The molecule has 0 saturated carbocycles. The number of ether oxygens (including phenoxy) is 2. The molecule has 4 rings (SSSR count). The highest BCUT2D eigenvalue weighted by Gasteiger charge is 2.28. The second-order valence-corrected chi connectivity index (χ2v) is 8.11. The summed E-state index contributed by atoms with van der Waals surface area (Å²) >= 11 is 1.45. The molecular weight excluding hydrogens is 396 g/mol. The first-order valence-corrected chi connectivity index (χ1v) is 10.7. The van der Waals surface area contributed by atoms with Gasteiger partial charge in [0.15, 0.2) is 5.50 Å². The highest BCUT2D eigenvalue weighted by Crippen LogP contribution is 2.37. The van der Waals surface area contributed by atoms with Gasteiger partial charge in [-0.15, -0.1) is 0 Å². The Morgan fingerprint density at radius 3 is 2.73 bits per heavy atom. The second-order valence-electron chi connectivity index (χ2n) is 6.96. The number of nitrogens with one attached hydrogen (secondary N) is 2. The average Bonchev–Trinajstić information content (AvgIpc) is 3.08. The third kappa shape index (κ3) is 4.09. The van der Waals surface area contributed by atoms with Gasteiger partial charge < -0.3 is 20.1 Å². The Hall–Kier alpha value is -3.12. The van der Waals surface area contributed by atoms with Crippen LogP contribution in [-0.2, 0) is 4.79 Å². The SMILES string of the molecule is CCOc1ccc2ccccc2c1/C=C1\SC(Nc2cc(C)ccc2OC)NC1=O. The molecule has 0 radical (unpaired) electrons. The van der Waals surface area contributed by atoms with Crippen LogP contribution in [0.1, 0.15) is 18.1 Å². The summed E-state index contributed by atoms with van der Waals surface area (Å²) in [7, 11) is 1.64. The number of carbonyl (C=O) groups is 1. The average molecular weight is 421 g/mol. The molecule has 0 aliphatic carbocycles. The summed E-state index contributed by atoms with van der Waals surface area (Å²) in [6.07, 6.45) is 1.92. The van der Waals surface area contributed by atoms with Crippen LogP contribution in [0, 0.1) is 6.92 Å². The molecule has 1 saturated heterocycles. The van der Waals surface area contributed by atoms with Gasteiger partial charge in [-0.3, -0.25) is 4.79 Å². The van der Waals surface area contributed by atoms with Gasteiger partial charge in [0.1, 0.15) is 11.5 Å². The topological polar surface area (TPSA) is 59.6 Å². The van der Waals surface area contributed by atoms with Crippen molar-refractivity contribution in [1.29, 1.82) is 0 Å². The molecule has 1 atom stereocenters. The first-order valence-electron chi connectivity index (χ1n) is 9.84. The van der Waals surface area contributed by atoms with E-state index in [1.54, 1.807) is 7.11 Å². The van der Waals surface area contributed by atoms with E-state index in [2.05, 4.69) is 22.8 Å². The Bertz CT molecular complexity index is 1130. The van der Waals surface area contributed by atoms with Gasteiger partial charge in [-0.05, 0) is 54.5 Å². The van der Waals surface area contributed by atoms with Crippen molar-refractivity contribution in [3.63, 3.8) is 0 Å². The smallest absolute Gasteiger partial charge is 0.260 e. The monoisotopic (exact) mass is 420 g/mol. The van der Waals surface area contributed by atoms with Crippen molar-refractivity contribution in [1.82, 2.24) is 5.32 Å². The van der Waals surface area contributed by atoms with E-state index >= 15 is 0 Å². The van der Waals surface area contributed by atoms with Gasteiger partial charge in [-0.1, -0.05) is 48.2 Å². The van der Waals surface area contributed by atoms with Crippen LogP contribution in [0.4, 0.5) is 5.69 Å². The van der Waals surface area contributed by atoms with E-state index in [1.807, 2.05) is 62.4 Å². The lowest BCUT2D eigenvalue weighted by atomic mass is 10.0. The normalized spacial score (nSPS) is 17.2. The van der Waals surface area contributed by atoms with Gasteiger partial charge in [0.05, 0.1) is 24.3 Å². The molecule has 5 nitrogen and oxygen atoms in total. The minimum atomic E-state index is -0.287. The maximum Gasteiger partial charge on any atom is 0.260 e. The van der Waals surface area contributed by atoms with Crippen molar-refractivity contribution < 1.29 is 14.3 Å². The van der Waals surface area contributed by atoms with Crippen LogP contribution in [0.5, 0.6) is 11.5 Å². The number of methoxy groups -OCH3 is 1. The first-order chi connectivity index (χ1) is 14.6. The number of hydrogen-bond acceptors (Lipinski definition) is 5. The predicted octanol–water partition coefficient (Wildman–Crippen LogP) is 5.16. The summed E-state index contributed by atoms with van der Waals surface area (Å²) in [6.45, 7) is 4.54. The Morgan fingerprint density at radius 1 is 1.13 bits per heavy atom. The number of aryl methyl sites for hydroxylation is 1. The van der Waals surface area contributed by atoms with Crippen LogP contribution < -0.4 is 20.1 Å². The van der Waals surface area contributed by atoms with E-state index in [1.165, 1.54) is 11.8 Å². The molecule has 0 bridgehead atoms. The van der Waals surface area contributed by atoms with Gasteiger partial charge in [0.2, 0.25) is 0 Å². The molecule has 1 unspecified atom stereocenters. The maximum absolute atomic E-state index is 12.7. The molecule has 0 aromatic heterocycles. The largest absolute Gasteiger partial charge is 0.495 e. The van der Waals surface area contributed by atoms with Crippen molar-refractivity contribution in [3.8, 4) is 11.5 Å². The van der Waals surface area contributed by atoms with E-state index in [4.69, 9.17) is 9.47 Å². The summed E-state index contributed by atoms with van der Waals surface area (Å²) in [5.41, 5.74) is 2.59. The lowest BCUT2D eigenvalue weighted by molar-refractivity contribution is -0.116. The number of carbonyl (C=O) groups excluding carboxylic acids is 1. The number of benzene rings is 3. The summed E-state index contributed by atoms with van der Waals surface area (Å²) in [6, 6.07) is 18.0. The summed E-state index contributed by atoms with van der Waals surface area (Å²) in [5, 5.41) is 8.51. The fraction of sp³-hybridized carbons (Fsp3) is 0.208. The standard InChI is InChI=1S/C24H24N2O3S/c1-4-29-20-12-10-16-7-5-6-8-17(16)18(20)14-22-23(27)26-24(30-22)25-19-13-15(2)9-11-21(19)28-3/h5-14,24-25H,4H2,1-3H3,(H,26,27)/b22-14-. The summed E-state index contributed by atoms with van der Waals surface area (Å²) in [5.74, 6) is 1.40. The summed E-state index contributed by atoms with van der Waals surface area (Å²) in [4.78, 5) is 13.3. The van der Waals surface area contributed by atoms with Crippen molar-refractivity contribution in [3.05, 3.63) is 70.6 Å². The van der Waals surface area contributed by atoms with Crippen molar-refractivity contribution in [2.24, 2.45) is 0 Å². The Morgan fingerprint density at radius 2 is 1.93 bits per heavy atom. The van der Waals surface area contributed by atoms with E-state index in [0.717, 1.165) is 39.1 Å². The molecule has 3 aromatic carbocycles. The molecule has 1 heterocycles. The van der Waals surface area contributed by atoms with Crippen LogP contribution >= 0.6 is 11.8 Å². The maximum atomic E-state index is 12.7. The fourth-order valence-electron chi connectivity index (χ4n) is 3.48. The third-order valence-corrected chi connectivity index (χ3v) is 5.91. The molecule has 3 aromatic rings. The molecule has 1 aliphatic heterocycles. The lowest BCUT2D eigenvalue weighted by Gasteiger charge is -2.16. The molecular formula is C24H24N2O3S. The molecule has 1 fully saturated rings. The quantitative estimate of drug-likeness (QED) is 0.540. The van der Waals surface area contributed by atoms with Gasteiger partial charge in [0, 0.05) is 5.56 Å². The van der Waals surface area contributed by atoms with Crippen LogP contribution in [0.15, 0.2) is 59.5 Å². The Labute approximate surface area is 180 Å². The van der Waals surface area contributed by atoms with Crippen LogP contribution in [0.25, 0.3) is 16.8 Å². The van der Waals surface area contributed by atoms with E-state index in [-0.39, 0.29) is 11.4 Å². The molecule has 6 heteroatoms. The van der Waals surface area contributed by atoms with Gasteiger partial charge >= 0.3 is 0 Å². The molecule has 154 valence electrons. The van der Waals surface area contributed by atoms with Gasteiger partial charge in [-0.25, -0.2) is 0 Å². The highest BCUT2D eigenvalue weighted by atomic mass is 32.2. The zero-order valence-electron chi connectivity index (χ0n) is 17.2. The number of rotatable bonds is 6. The van der Waals surface area contributed by atoms with E-state index < -0.39 is 0 Å². The fourth-order valence-corrected chi connectivity index (χ4v) is 4.44. The van der Waals surface area contributed by atoms with Crippen molar-refractivity contribution >= 4 is 40.2 Å².